The summed E-state index contributed by atoms with van der Waals surface area (Å²) < 4.78 is 0. The quantitative estimate of drug-likeness (QED) is 0.646. The Morgan fingerprint density at radius 3 is 3.21 bits per heavy atom. The largest absolute Gasteiger partial charge is 0.311 e. The van der Waals surface area contributed by atoms with Gasteiger partial charge in [0.1, 0.15) is 0 Å². The molecule has 0 aromatic heterocycles. The second kappa shape index (κ2) is 3.02. The number of nitrogens with zero attached hydrogens (tertiary/aromatic N) is 1. The third-order valence-corrected chi connectivity index (χ3v) is 3.91. The zero-order valence-electron chi connectivity index (χ0n) is 7.82. The molecular weight excluding hydrogens is 194 g/mol. The summed E-state index contributed by atoms with van der Waals surface area (Å²) in [5.41, 5.74) is 2.40. The molecule has 3 rings (SSSR count). The SMILES string of the molecule is O=C1Cc2cccc3c2N1CCCS3. The van der Waals surface area contributed by atoms with Gasteiger partial charge in [0.2, 0.25) is 5.91 Å². The minimum absolute atomic E-state index is 0.273. The van der Waals surface area contributed by atoms with Crippen LogP contribution >= 0.6 is 11.8 Å². The summed E-state index contributed by atoms with van der Waals surface area (Å²) in [5.74, 6) is 1.40. The minimum atomic E-state index is 0.273. The topological polar surface area (TPSA) is 20.3 Å². The fourth-order valence-corrected chi connectivity index (χ4v) is 3.20. The van der Waals surface area contributed by atoms with E-state index in [2.05, 4.69) is 18.2 Å². The number of hydrogen-bond acceptors (Lipinski definition) is 2. The summed E-state index contributed by atoms with van der Waals surface area (Å²) in [7, 11) is 0. The molecular formula is C11H11NOS. The van der Waals surface area contributed by atoms with Gasteiger partial charge in [-0.15, -0.1) is 11.8 Å². The number of amides is 1. The number of thioether (sulfide) groups is 1. The lowest BCUT2D eigenvalue weighted by Crippen LogP contribution is -2.27. The summed E-state index contributed by atoms with van der Waals surface area (Å²) in [6.45, 7) is 0.899. The highest BCUT2D eigenvalue weighted by molar-refractivity contribution is 7.99. The van der Waals surface area contributed by atoms with Gasteiger partial charge < -0.3 is 4.90 Å². The van der Waals surface area contributed by atoms with Crippen molar-refractivity contribution in [3.05, 3.63) is 23.8 Å². The second-order valence-electron chi connectivity index (χ2n) is 3.69. The van der Waals surface area contributed by atoms with Gasteiger partial charge >= 0.3 is 0 Å². The summed E-state index contributed by atoms with van der Waals surface area (Å²) in [5, 5.41) is 0. The summed E-state index contributed by atoms with van der Waals surface area (Å²) >= 11 is 1.88. The molecule has 2 heterocycles. The molecule has 0 spiro atoms. The average molecular weight is 205 g/mol. The van der Waals surface area contributed by atoms with E-state index in [-0.39, 0.29) is 5.91 Å². The van der Waals surface area contributed by atoms with Crippen LogP contribution in [0.3, 0.4) is 0 Å². The Morgan fingerprint density at radius 1 is 1.36 bits per heavy atom. The van der Waals surface area contributed by atoms with E-state index in [1.807, 2.05) is 16.7 Å². The van der Waals surface area contributed by atoms with Crippen molar-refractivity contribution in [3.8, 4) is 0 Å². The molecule has 0 saturated carbocycles. The van der Waals surface area contributed by atoms with Crippen LogP contribution in [0.2, 0.25) is 0 Å². The van der Waals surface area contributed by atoms with Crippen molar-refractivity contribution in [1.82, 2.24) is 0 Å². The molecule has 1 aromatic carbocycles. The Labute approximate surface area is 87.3 Å². The van der Waals surface area contributed by atoms with Crippen molar-refractivity contribution in [2.24, 2.45) is 0 Å². The third kappa shape index (κ3) is 1.08. The Hall–Kier alpha value is -0.960. The fourth-order valence-electron chi connectivity index (χ4n) is 2.16. The van der Waals surface area contributed by atoms with E-state index >= 15 is 0 Å². The van der Waals surface area contributed by atoms with Crippen LogP contribution in [0.25, 0.3) is 0 Å². The van der Waals surface area contributed by atoms with Crippen molar-refractivity contribution in [2.45, 2.75) is 17.7 Å². The van der Waals surface area contributed by atoms with Crippen LogP contribution in [0.4, 0.5) is 5.69 Å². The van der Waals surface area contributed by atoms with Crippen LogP contribution in [0.1, 0.15) is 12.0 Å². The first-order valence-corrected chi connectivity index (χ1v) is 5.90. The number of para-hydroxylation sites is 1. The Bertz CT molecular complexity index is 402. The molecule has 0 saturated heterocycles. The second-order valence-corrected chi connectivity index (χ2v) is 4.82. The molecule has 14 heavy (non-hydrogen) atoms. The number of benzene rings is 1. The average Bonchev–Trinajstić information content (AvgIpc) is 2.39. The predicted molar refractivity (Wildman–Crippen MR) is 57.8 cm³/mol. The van der Waals surface area contributed by atoms with E-state index in [0.29, 0.717) is 6.42 Å². The Morgan fingerprint density at radius 2 is 2.29 bits per heavy atom. The van der Waals surface area contributed by atoms with E-state index in [1.54, 1.807) is 0 Å². The Balaban J connectivity index is 2.20. The van der Waals surface area contributed by atoms with E-state index in [1.165, 1.54) is 16.1 Å². The van der Waals surface area contributed by atoms with Crippen molar-refractivity contribution in [1.29, 1.82) is 0 Å². The minimum Gasteiger partial charge on any atom is -0.311 e. The predicted octanol–water partition coefficient (Wildman–Crippen LogP) is 2.07. The lowest BCUT2D eigenvalue weighted by atomic mass is 10.2. The van der Waals surface area contributed by atoms with Gasteiger partial charge in [0.25, 0.3) is 0 Å². The highest BCUT2D eigenvalue weighted by atomic mass is 32.2. The first kappa shape index (κ1) is 8.36. The molecule has 0 N–H and O–H groups in total. The summed E-state index contributed by atoms with van der Waals surface area (Å²) in [6, 6.07) is 6.26. The van der Waals surface area contributed by atoms with Crippen LogP contribution in [0, 0.1) is 0 Å². The van der Waals surface area contributed by atoms with E-state index < -0.39 is 0 Å². The van der Waals surface area contributed by atoms with Crippen LogP contribution < -0.4 is 4.90 Å². The summed E-state index contributed by atoms with van der Waals surface area (Å²) in [4.78, 5) is 15.0. The molecule has 2 aliphatic rings. The van der Waals surface area contributed by atoms with Gasteiger partial charge in [-0.3, -0.25) is 4.79 Å². The number of carbonyl (C=O) groups excluding carboxylic acids is 1. The number of carbonyl (C=O) groups is 1. The van der Waals surface area contributed by atoms with E-state index in [0.717, 1.165) is 18.7 Å². The molecule has 0 atom stereocenters. The van der Waals surface area contributed by atoms with Crippen LogP contribution in [0.5, 0.6) is 0 Å². The molecule has 3 heteroatoms. The third-order valence-electron chi connectivity index (χ3n) is 2.78. The number of anilines is 1. The van der Waals surface area contributed by atoms with Gasteiger partial charge in [-0.2, -0.15) is 0 Å². The molecule has 0 fully saturated rings. The molecule has 72 valence electrons. The highest BCUT2D eigenvalue weighted by Crippen LogP contribution is 2.40. The molecule has 1 amide bonds. The standard InChI is InChI=1S/C11H11NOS/c13-10-7-8-3-1-4-9-11(8)12(10)5-2-6-14-9/h1,3-4H,2,5-7H2. The molecule has 2 aliphatic heterocycles. The van der Waals surface area contributed by atoms with Crippen LogP contribution in [-0.2, 0) is 11.2 Å². The number of hydrogen-bond donors (Lipinski definition) is 0. The maximum atomic E-state index is 11.7. The monoisotopic (exact) mass is 205 g/mol. The lowest BCUT2D eigenvalue weighted by molar-refractivity contribution is -0.117. The molecule has 2 nitrogen and oxygen atoms in total. The van der Waals surface area contributed by atoms with Crippen LogP contribution in [-0.4, -0.2) is 18.2 Å². The molecule has 0 aliphatic carbocycles. The highest BCUT2D eigenvalue weighted by Gasteiger charge is 2.30. The van der Waals surface area contributed by atoms with Gasteiger partial charge in [-0.05, 0) is 23.8 Å². The molecule has 0 unspecified atom stereocenters. The van der Waals surface area contributed by atoms with Crippen molar-refractivity contribution < 1.29 is 4.79 Å². The van der Waals surface area contributed by atoms with Gasteiger partial charge in [0.15, 0.2) is 0 Å². The van der Waals surface area contributed by atoms with E-state index in [4.69, 9.17) is 0 Å². The van der Waals surface area contributed by atoms with Crippen molar-refractivity contribution in [3.63, 3.8) is 0 Å². The summed E-state index contributed by atoms with van der Waals surface area (Å²) in [6.07, 6.45) is 1.70. The maximum Gasteiger partial charge on any atom is 0.231 e. The lowest BCUT2D eigenvalue weighted by Gasteiger charge is -2.15. The van der Waals surface area contributed by atoms with Gasteiger partial charge in [0.05, 0.1) is 12.1 Å². The normalized spacial score (nSPS) is 19.4. The van der Waals surface area contributed by atoms with Gasteiger partial charge in [-0.25, -0.2) is 0 Å². The molecule has 1 aromatic rings. The molecule has 0 bridgehead atoms. The number of rotatable bonds is 0. The first-order valence-electron chi connectivity index (χ1n) is 4.91. The Kier molecular flexibility index (Phi) is 1.80. The van der Waals surface area contributed by atoms with Gasteiger partial charge in [0, 0.05) is 11.4 Å². The van der Waals surface area contributed by atoms with Crippen LogP contribution in [0.15, 0.2) is 23.1 Å². The van der Waals surface area contributed by atoms with E-state index in [9.17, 15) is 4.79 Å². The fraction of sp³-hybridized carbons (Fsp3) is 0.364. The first-order chi connectivity index (χ1) is 6.86. The zero-order valence-corrected chi connectivity index (χ0v) is 8.64. The smallest absolute Gasteiger partial charge is 0.231 e. The van der Waals surface area contributed by atoms with Crippen molar-refractivity contribution in [2.75, 3.05) is 17.2 Å². The molecule has 0 radical (unpaired) electrons. The van der Waals surface area contributed by atoms with Gasteiger partial charge in [-0.1, -0.05) is 12.1 Å². The van der Waals surface area contributed by atoms with Crippen molar-refractivity contribution >= 4 is 23.4 Å². The zero-order chi connectivity index (χ0) is 9.54. The maximum absolute atomic E-state index is 11.7.